The van der Waals surface area contributed by atoms with E-state index in [1.54, 1.807) is 0 Å². The third-order valence-corrected chi connectivity index (χ3v) is 1.50. The van der Waals surface area contributed by atoms with Crippen LogP contribution in [-0.2, 0) is 0 Å². The molecule has 2 heteroatoms. The summed E-state index contributed by atoms with van der Waals surface area (Å²) in [6.07, 6.45) is 0. The van der Waals surface area contributed by atoms with Gasteiger partial charge in [-0.2, -0.15) is 0 Å². The molecular weight excluding hydrogens is 151 g/mol. The molecule has 0 radical (unpaired) electrons. The van der Waals surface area contributed by atoms with Crippen molar-refractivity contribution >= 4 is 11.6 Å². The summed E-state index contributed by atoms with van der Waals surface area (Å²) in [6, 6.07) is 7.77. The highest BCUT2D eigenvalue weighted by Gasteiger charge is 1.86. The summed E-state index contributed by atoms with van der Waals surface area (Å²) < 4.78 is 9.50. The number of hydrogen-bond donors (Lipinski definition) is 0. The SMILES string of the molecule is CF.Cc1ccccc1Cl. The first-order valence-corrected chi connectivity index (χ1v) is 3.27. The third-order valence-electron chi connectivity index (χ3n) is 1.08. The van der Waals surface area contributed by atoms with Crippen LogP contribution >= 0.6 is 11.6 Å². The molecule has 0 spiro atoms. The van der Waals surface area contributed by atoms with Crippen molar-refractivity contribution in [2.45, 2.75) is 6.92 Å². The first kappa shape index (κ1) is 9.44. The Labute approximate surface area is 65.6 Å². The van der Waals surface area contributed by atoms with Gasteiger partial charge in [0, 0.05) is 5.02 Å². The molecule has 0 fully saturated rings. The standard InChI is InChI=1S/C7H7Cl.CH3F/c1-6-4-2-3-5-7(6)8;1-2/h2-5H,1H3;1H3. The van der Waals surface area contributed by atoms with Gasteiger partial charge in [0.1, 0.15) is 0 Å². The van der Waals surface area contributed by atoms with E-state index in [-0.39, 0.29) is 0 Å². The van der Waals surface area contributed by atoms with Crippen molar-refractivity contribution in [2.75, 3.05) is 7.18 Å². The second-order valence-electron chi connectivity index (χ2n) is 1.75. The normalized spacial score (nSPS) is 8.00. The van der Waals surface area contributed by atoms with Crippen LogP contribution in [0.3, 0.4) is 0 Å². The first-order valence-electron chi connectivity index (χ1n) is 2.89. The maximum atomic E-state index is 9.50. The minimum atomic E-state index is 0.500. The summed E-state index contributed by atoms with van der Waals surface area (Å²) in [5.74, 6) is 0. The van der Waals surface area contributed by atoms with E-state index in [2.05, 4.69) is 0 Å². The summed E-state index contributed by atoms with van der Waals surface area (Å²) in [4.78, 5) is 0. The van der Waals surface area contributed by atoms with Crippen molar-refractivity contribution in [3.63, 3.8) is 0 Å². The highest BCUT2D eigenvalue weighted by atomic mass is 35.5. The molecule has 0 saturated heterocycles. The molecule has 0 amide bonds. The number of benzene rings is 1. The Hall–Kier alpha value is -0.560. The van der Waals surface area contributed by atoms with Gasteiger partial charge >= 0.3 is 0 Å². The van der Waals surface area contributed by atoms with Gasteiger partial charge < -0.3 is 0 Å². The van der Waals surface area contributed by atoms with Gasteiger partial charge in [0.15, 0.2) is 0 Å². The van der Waals surface area contributed by atoms with E-state index in [0.29, 0.717) is 7.18 Å². The summed E-state index contributed by atoms with van der Waals surface area (Å²) in [6.45, 7) is 1.99. The maximum Gasteiger partial charge on any atom is 0.0785 e. The average Bonchev–Trinajstić information content (AvgIpc) is 2.00. The lowest BCUT2D eigenvalue weighted by atomic mass is 10.2. The van der Waals surface area contributed by atoms with Gasteiger partial charge in [-0.3, -0.25) is 4.39 Å². The Morgan fingerprint density at radius 2 is 1.70 bits per heavy atom. The molecule has 0 aromatic heterocycles. The number of aryl methyl sites for hydroxylation is 1. The fourth-order valence-electron chi connectivity index (χ4n) is 0.551. The highest BCUT2D eigenvalue weighted by Crippen LogP contribution is 2.11. The number of halogens is 2. The van der Waals surface area contributed by atoms with Crippen molar-refractivity contribution in [3.8, 4) is 0 Å². The topological polar surface area (TPSA) is 0 Å². The molecule has 56 valence electrons. The zero-order valence-electron chi connectivity index (χ0n) is 6.07. The summed E-state index contributed by atoms with van der Waals surface area (Å²) >= 11 is 5.71. The monoisotopic (exact) mass is 160 g/mol. The van der Waals surface area contributed by atoms with E-state index in [9.17, 15) is 4.39 Å². The summed E-state index contributed by atoms with van der Waals surface area (Å²) in [7, 11) is 0.500. The first-order chi connectivity index (χ1) is 4.80. The quantitative estimate of drug-likeness (QED) is 0.547. The Bertz CT molecular complexity index is 165. The zero-order chi connectivity index (χ0) is 7.98. The van der Waals surface area contributed by atoms with Crippen molar-refractivity contribution in [3.05, 3.63) is 34.9 Å². The van der Waals surface area contributed by atoms with E-state index in [4.69, 9.17) is 11.6 Å². The highest BCUT2D eigenvalue weighted by molar-refractivity contribution is 6.31. The van der Waals surface area contributed by atoms with E-state index in [0.717, 1.165) is 10.6 Å². The van der Waals surface area contributed by atoms with Crippen molar-refractivity contribution in [1.29, 1.82) is 0 Å². The molecule has 0 heterocycles. The number of alkyl halides is 1. The van der Waals surface area contributed by atoms with Gasteiger partial charge in [0.05, 0.1) is 7.18 Å². The Morgan fingerprint density at radius 1 is 1.20 bits per heavy atom. The second-order valence-corrected chi connectivity index (χ2v) is 2.16. The predicted octanol–water partition coefficient (Wildman–Crippen LogP) is 3.23. The molecule has 0 aliphatic carbocycles. The zero-order valence-corrected chi connectivity index (χ0v) is 6.82. The lowest BCUT2D eigenvalue weighted by Gasteiger charge is -1.90. The smallest absolute Gasteiger partial charge is 0.0785 e. The second kappa shape index (κ2) is 5.24. The van der Waals surface area contributed by atoms with Crippen molar-refractivity contribution in [2.24, 2.45) is 0 Å². The molecule has 0 bridgehead atoms. The van der Waals surface area contributed by atoms with E-state index >= 15 is 0 Å². The molecule has 0 N–H and O–H groups in total. The van der Waals surface area contributed by atoms with Crippen LogP contribution < -0.4 is 0 Å². The molecule has 0 aliphatic heterocycles. The fraction of sp³-hybridized carbons (Fsp3) is 0.250. The predicted molar refractivity (Wildman–Crippen MR) is 43.2 cm³/mol. The van der Waals surface area contributed by atoms with Crippen LogP contribution in [0.4, 0.5) is 4.39 Å². The third kappa shape index (κ3) is 2.83. The Balaban J connectivity index is 0.000000371. The van der Waals surface area contributed by atoms with Gasteiger partial charge in [-0.25, -0.2) is 0 Å². The minimum absolute atomic E-state index is 0.500. The van der Waals surface area contributed by atoms with Gasteiger partial charge in [-0.15, -0.1) is 0 Å². The minimum Gasteiger partial charge on any atom is -0.255 e. The van der Waals surface area contributed by atoms with E-state index in [1.807, 2.05) is 31.2 Å². The molecule has 10 heavy (non-hydrogen) atoms. The van der Waals surface area contributed by atoms with Crippen LogP contribution in [0.2, 0.25) is 5.02 Å². The van der Waals surface area contributed by atoms with E-state index in [1.165, 1.54) is 0 Å². The van der Waals surface area contributed by atoms with Crippen LogP contribution in [-0.4, -0.2) is 7.18 Å². The van der Waals surface area contributed by atoms with E-state index < -0.39 is 0 Å². The molecule has 0 nitrogen and oxygen atoms in total. The summed E-state index contributed by atoms with van der Waals surface area (Å²) in [5, 5.41) is 0.840. The molecule has 0 saturated carbocycles. The lowest BCUT2D eigenvalue weighted by Crippen LogP contribution is -1.68. The van der Waals surface area contributed by atoms with Gasteiger partial charge in [-0.1, -0.05) is 29.8 Å². The molecular formula is C8H10ClF. The molecule has 0 aliphatic rings. The molecule has 1 aromatic rings. The Kier molecular flexibility index (Phi) is 4.95. The molecule has 0 atom stereocenters. The Morgan fingerprint density at radius 3 is 2.00 bits per heavy atom. The van der Waals surface area contributed by atoms with Crippen LogP contribution in [0, 0.1) is 6.92 Å². The van der Waals surface area contributed by atoms with Crippen molar-refractivity contribution in [1.82, 2.24) is 0 Å². The van der Waals surface area contributed by atoms with Gasteiger partial charge in [0.2, 0.25) is 0 Å². The van der Waals surface area contributed by atoms with Crippen LogP contribution in [0.1, 0.15) is 5.56 Å². The molecule has 1 aromatic carbocycles. The largest absolute Gasteiger partial charge is 0.255 e. The number of rotatable bonds is 0. The molecule has 0 unspecified atom stereocenters. The lowest BCUT2D eigenvalue weighted by molar-refractivity contribution is 0.636. The van der Waals surface area contributed by atoms with Crippen LogP contribution in [0.25, 0.3) is 0 Å². The van der Waals surface area contributed by atoms with Gasteiger partial charge in [-0.05, 0) is 18.6 Å². The molecule has 1 rings (SSSR count). The van der Waals surface area contributed by atoms with Crippen LogP contribution in [0.5, 0.6) is 0 Å². The van der Waals surface area contributed by atoms with Crippen molar-refractivity contribution < 1.29 is 4.39 Å². The fourth-order valence-corrected chi connectivity index (χ4v) is 0.687. The maximum absolute atomic E-state index is 9.50. The average molecular weight is 161 g/mol. The van der Waals surface area contributed by atoms with Gasteiger partial charge in [0.25, 0.3) is 0 Å². The number of hydrogen-bond acceptors (Lipinski definition) is 0. The summed E-state index contributed by atoms with van der Waals surface area (Å²) in [5.41, 5.74) is 1.13. The van der Waals surface area contributed by atoms with Crippen LogP contribution in [0.15, 0.2) is 24.3 Å².